The second-order valence-corrected chi connectivity index (χ2v) is 5.56. The molecule has 0 saturated carbocycles. The summed E-state index contributed by atoms with van der Waals surface area (Å²) in [5.74, 6) is -0.148. The molecule has 0 spiro atoms. The third-order valence-corrected chi connectivity index (χ3v) is 3.08. The maximum atomic E-state index is 11.9. The normalized spacial score (nSPS) is 11.9. The Morgan fingerprint density at radius 3 is 2.70 bits per heavy atom. The Labute approximate surface area is 145 Å². The van der Waals surface area contributed by atoms with Crippen LogP contribution in [0, 0.1) is 0 Å². The van der Waals surface area contributed by atoms with Crippen molar-refractivity contribution in [3.63, 3.8) is 0 Å². The molecule has 0 radical (unpaired) electrons. The lowest BCUT2D eigenvalue weighted by molar-refractivity contribution is -0.117. The second-order valence-electron chi connectivity index (χ2n) is 5.56. The molecule has 1 rings (SSSR count). The average Bonchev–Trinajstić information content (AvgIpc) is 2.47. The highest BCUT2D eigenvalue weighted by atomic mass is 35.5. The molecule has 1 unspecified atom stereocenters. The van der Waals surface area contributed by atoms with Gasteiger partial charge in [0.25, 0.3) is 0 Å². The third kappa shape index (κ3) is 9.56. The number of carbonyl (C=O) groups is 1. The highest BCUT2D eigenvalue weighted by molar-refractivity contribution is 5.94. The van der Waals surface area contributed by atoms with Gasteiger partial charge in [0.15, 0.2) is 0 Å². The number of benzene rings is 1. The predicted molar refractivity (Wildman–Crippen MR) is 95.9 cm³/mol. The fourth-order valence-electron chi connectivity index (χ4n) is 1.95. The van der Waals surface area contributed by atoms with Crippen LogP contribution in [-0.4, -0.2) is 31.3 Å². The van der Waals surface area contributed by atoms with Crippen LogP contribution in [0.15, 0.2) is 24.3 Å². The summed E-state index contributed by atoms with van der Waals surface area (Å²) < 4.78 is 11.0. The van der Waals surface area contributed by atoms with Crippen LogP contribution in [-0.2, 0) is 20.9 Å². The van der Waals surface area contributed by atoms with Crippen molar-refractivity contribution < 1.29 is 14.3 Å². The van der Waals surface area contributed by atoms with Gasteiger partial charge in [-0.3, -0.25) is 4.79 Å². The zero-order valence-electron chi connectivity index (χ0n) is 14.2. The first kappa shape index (κ1) is 21.9. The molecule has 0 aromatic heterocycles. The van der Waals surface area contributed by atoms with Crippen molar-refractivity contribution in [2.75, 3.05) is 18.5 Å². The van der Waals surface area contributed by atoms with E-state index in [4.69, 9.17) is 15.2 Å². The molecule has 0 saturated heterocycles. The number of hydrogen-bond acceptors (Lipinski definition) is 4. The smallest absolute Gasteiger partial charge is 0.241 e. The summed E-state index contributed by atoms with van der Waals surface area (Å²) in [7, 11) is 0. The Kier molecular flexibility index (Phi) is 11.7. The minimum Gasteiger partial charge on any atom is -0.376 e. The number of carbonyl (C=O) groups excluding carboxylic acids is 1. The fourth-order valence-corrected chi connectivity index (χ4v) is 1.95. The van der Waals surface area contributed by atoms with Gasteiger partial charge in [-0.15, -0.1) is 12.4 Å². The van der Waals surface area contributed by atoms with Gasteiger partial charge in [-0.1, -0.05) is 25.5 Å². The molecule has 1 aromatic carbocycles. The van der Waals surface area contributed by atoms with E-state index in [1.165, 1.54) is 0 Å². The molecule has 0 heterocycles. The summed E-state index contributed by atoms with van der Waals surface area (Å²) in [4.78, 5) is 11.9. The highest BCUT2D eigenvalue weighted by Gasteiger charge is 2.12. The number of rotatable bonds is 10. The van der Waals surface area contributed by atoms with E-state index >= 15 is 0 Å². The molecule has 23 heavy (non-hydrogen) atoms. The van der Waals surface area contributed by atoms with Crippen LogP contribution in [0.3, 0.4) is 0 Å². The summed E-state index contributed by atoms with van der Waals surface area (Å²) in [6.07, 6.45) is 1.79. The minimum absolute atomic E-state index is 0. The van der Waals surface area contributed by atoms with Crippen LogP contribution in [0.5, 0.6) is 0 Å². The fraction of sp³-hybridized carbons (Fsp3) is 0.588. The van der Waals surface area contributed by atoms with E-state index in [2.05, 4.69) is 5.32 Å². The Balaban J connectivity index is 0.00000484. The largest absolute Gasteiger partial charge is 0.376 e. The maximum Gasteiger partial charge on any atom is 0.241 e. The number of nitrogens with two attached hydrogens (primary N) is 1. The number of ether oxygens (including phenoxy) is 2. The van der Waals surface area contributed by atoms with Crippen molar-refractivity contribution in [1.82, 2.24) is 0 Å². The van der Waals surface area contributed by atoms with Crippen LogP contribution < -0.4 is 11.1 Å². The molecule has 0 aliphatic carbocycles. The van der Waals surface area contributed by atoms with Gasteiger partial charge < -0.3 is 20.5 Å². The Morgan fingerprint density at radius 1 is 1.30 bits per heavy atom. The van der Waals surface area contributed by atoms with Crippen molar-refractivity contribution in [2.45, 2.75) is 52.4 Å². The zero-order chi connectivity index (χ0) is 16.4. The van der Waals surface area contributed by atoms with Gasteiger partial charge in [-0.05, 0) is 38.0 Å². The van der Waals surface area contributed by atoms with Crippen molar-refractivity contribution >= 4 is 24.0 Å². The number of amides is 1. The molecule has 132 valence electrons. The van der Waals surface area contributed by atoms with Gasteiger partial charge >= 0.3 is 0 Å². The van der Waals surface area contributed by atoms with Gasteiger partial charge in [-0.25, -0.2) is 0 Å². The molecular weight excluding hydrogens is 316 g/mol. The van der Waals surface area contributed by atoms with E-state index < -0.39 is 6.04 Å². The molecule has 6 heteroatoms. The van der Waals surface area contributed by atoms with Crippen molar-refractivity contribution in [3.05, 3.63) is 29.8 Å². The van der Waals surface area contributed by atoms with Crippen LogP contribution in [0.2, 0.25) is 0 Å². The molecule has 0 aliphatic heterocycles. The van der Waals surface area contributed by atoms with Gasteiger partial charge in [0, 0.05) is 5.69 Å². The summed E-state index contributed by atoms with van der Waals surface area (Å²) in [6, 6.07) is 7.15. The summed E-state index contributed by atoms with van der Waals surface area (Å²) in [6.45, 7) is 7.63. The standard InChI is InChI=1S/C17H28N2O3.ClH/c1-4-6-16(18)17(20)19-15-8-5-7-14(11-15)12-21-9-10-22-13(2)3;/h5,7-8,11,13,16H,4,6,9-10,12,18H2,1-3H3,(H,19,20);1H. The van der Waals surface area contributed by atoms with E-state index in [1.54, 1.807) is 0 Å². The predicted octanol–water partition coefficient (Wildman–Crippen LogP) is 3.12. The van der Waals surface area contributed by atoms with Crippen LogP contribution in [0.4, 0.5) is 5.69 Å². The topological polar surface area (TPSA) is 73.6 Å². The lowest BCUT2D eigenvalue weighted by Crippen LogP contribution is -2.35. The summed E-state index contributed by atoms with van der Waals surface area (Å²) >= 11 is 0. The Hall–Kier alpha value is -1.14. The monoisotopic (exact) mass is 344 g/mol. The summed E-state index contributed by atoms with van der Waals surface area (Å²) in [5.41, 5.74) is 7.55. The number of nitrogens with one attached hydrogen (secondary N) is 1. The molecule has 0 fully saturated rings. The molecule has 0 aliphatic rings. The number of hydrogen-bond donors (Lipinski definition) is 2. The SMILES string of the molecule is CCCC(N)C(=O)Nc1cccc(COCCOC(C)C)c1.Cl. The van der Waals surface area contributed by atoms with Crippen LogP contribution in [0.25, 0.3) is 0 Å². The van der Waals surface area contributed by atoms with Crippen molar-refractivity contribution in [1.29, 1.82) is 0 Å². The van der Waals surface area contributed by atoms with E-state index in [1.807, 2.05) is 45.0 Å². The molecule has 1 amide bonds. The Morgan fingerprint density at radius 2 is 2.04 bits per heavy atom. The molecule has 0 bridgehead atoms. The molecule has 1 aromatic rings. The minimum atomic E-state index is -0.460. The van der Waals surface area contributed by atoms with Crippen molar-refractivity contribution in [3.8, 4) is 0 Å². The van der Waals surface area contributed by atoms with Crippen molar-refractivity contribution in [2.24, 2.45) is 5.73 Å². The lowest BCUT2D eigenvalue weighted by atomic mass is 10.1. The van der Waals surface area contributed by atoms with Gasteiger partial charge in [-0.2, -0.15) is 0 Å². The molecule has 3 N–H and O–H groups in total. The average molecular weight is 345 g/mol. The van der Waals surface area contributed by atoms with E-state index in [-0.39, 0.29) is 24.4 Å². The first-order valence-corrected chi connectivity index (χ1v) is 7.87. The van der Waals surface area contributed by atoms with Crippen LogP contribution >= 0.6 is 12.4 Å². The second kappa shape index (κ2) is 12.3. The highest BCUT2D eigenvalue weighted by Crippen LogP contribution is 2.12. The maximum absolute atomic E-state index is 11.9. The molecule has 1 atom stereocenters. The first-order chi connectivity index (χ1) is 10.5. The van der Waals surface area contributed by atoms with E-state index in [9.17, 15) is 4.79 Å². The van der Waals surface area contributed by atoms with Gasteiger partial charge in [0.05, 0.1) is 32.0 Å². The Bertz CT molecular complexity index is 455. The van der Waals surface area contributed by atoms with Crippen LogP contribution in [0.1, 0.15) is 39.2 Å². The van der Waals surface area contributed by atoms with E-state index in [0.29, 0.717) is 26.2 Å². The lowest BCUT2D eigenvalue weighted by Gasteiger charge is -2.12. The molecular formula is C17H29ClN2O3. The third-order valence-electron chi connectivity index (χ3n) is 3.08. The first-order valence-electron chi connectivity index (χ1n) is 7.87. The zero-order valence-corrected chi connectivity index (χ0v) is 15.0. The van der Waals surface area contributed by atoms with Gasteiger partial charge in [0.2, 0.25) is 5.91 Å². The number of anilines is 1. The van der Waals surface area contributed by atoms with Gasteiger partial charge in [0.1, 0.15) is 0 Å². The van der Waals surface area contributed by atoms with E-state index in [0.717, 1.165) is 17.7 Å². The molecule has 5 nitrogen and oxygen atoms in total. The summed E-state index contributed by atoms with van der Waals surface area (Å²) in [5, 5.41) is 2.84. The quantitative estimate of drug-likeness (QED) is 0.639. The number of halogens is 1.